The number of rotatable bonds is 4. The molecule has 6 heteroatoms. The maximum absolute atomic E-state index is 13.4. The molecule has 1 saturated carbocycles. The van der Waals surface area contributed by atoms with E-state index in [0.29, 0.717) is 29.4 Å². The second kappa shape index (κ2) is 10.4. The summed E-state index contributed by atoms with van der Waals surface area (Å²) in [4.78, 5) is 28.3. The van der Waals surface area contributed by atoms with E-state index in [4.69, 9.17) is 0 Å². The number of amides is 2. The predicted molar refractivity (Wildman–Crippen MR) is 149 cm³/mol. The first-order chi connectivity index (χ1) is 16.7. The van der Waals surface area contributed by atoms with Crippen molar-refractivity contribution in [3.8, 4) is 11.8 Å². The van der Waals surface area contributed by atoms with Crippen molar-refractivity contribution in [2.75, 3.05) is 5.32 Å². The van der Waals surface area contributed by atoms with E-state index in [1.54, 1.807) is 19.1 Å². The van der Waals surface area contributed by atoms with Crippen LogP contribution in [0.2, 0.25) is 0 Å². The van der Waals surface area contributed by atoms with E-state index in [1.807, 2.05) is 42.2 Å². The summed E-state index contributed by atoms with van der Waals surface area (Å²) in [6, 6.07) is 13.3. The molecule has 0 bridgehead atoms. The van der Waals surface area contributed by atoms with Gasteiger partial charge < -0.3 is 10.6 Å². The number of carbonyl (C=O) groups excluding carboxylic acids is 2. The number of benzene rings is 2. The summed E-state index contributed by atoms with van der Waals surface area (Å²) >= 11 is 2.26. The van der Waals surface area contributed by atoms with Crippen molar-refractivity contribution < 1.29 is 9.59 Å². The molecular weight excluding hydrogens is 549 g/mol. The third-order valence-electron chi connectivity index (χ3n) is 6.99. The van der Waals surface area contributed by atoms with E-state index in [9.17, 15) is 9.59 Å². The smallest absolute Gasteiger partial charge is 0.255 e. The van der Waals surface area contributed by atoms with Gasteiger partial charge in [-0.25, -0.2) is 0 Å². The fraction of sp³-hybridized carbons (Fsp3) is 0.379. The molecule has 0 spiro atoms. The Morgan fingerprint density at radius 3 is 2.74 bits per heavy atom. The van der Waals surface area contributed by atoms with Crippen molar-refractivity contribution >= 4 is 40.1 Å². The Labute approximate surface area is 221 Å². The first-order valence-electron chi connectivity index (χ1n) is 12.1. The van der Waals surface area contributed by atoms with Gasteiger partial charge in [-0.2, -0.15) is 0 Å². The average molecular weight is 581 g/mol. The molecule has 2 amide bonds. The van der Waals surface area contributed by atoms with E-state index in [2.05, 4.69) is 58.6 Å². The molecule has 2 aromatic rings. The fourth-order valence-electron chi connectivity index (χ4n) is 5.32. The largest absolute Gasteiger partial charge is 0.362 e. The van der Waals surface area contributed by atoms with Crippen LogP contribution in [0.1, 0.15) is 74.4 Å². The van der Waals surface area contributed by atoms with Gasteiger partial charge in [-0.15, -0.1) is 5.92 Å². The third kappa shape index (κ3) is 5.40. The van der Waals surface area contributed by atoms with Crippen LogP contribution in [0.3, 0.4) is 0 Å². The van der Waals surface area contributed by atoms with Crippen LogP contribution in [0.15, 0.2) is 54.9 Å². The Balaban J connectivity index is 1.55. The van der Waals surface area contributed by atoms with Gasteiger partial charge in [0, 0.05) is 20.7 Å². The minimum absolute atomic E-state index is 0.106. The highest BCUT2D eigenvalue weighted by molar-refractivity contribution is 14.1. The zero-order chi connectivity index (χ0) is 25.2. The monoisotopic (exact) mass is 581 g/mol. The van der Waals surface area contributed by atoms with Crippen LogP contribution in [0, 0.1) is 21.3 Å². The summed E-state index contributed by atoms with van der Waals surface area (Å²) in [7, 11) is 0. The molecule has 182 valence electrons. The van der Waals surface area contributed by atoms with Crippen LogP contribution >= 0.6 is 22.6 Å². The molecule has 0 aromatic heterocycles. The average Bonchev–Trinajstić information content (AvgIpc) is 2.80. The summed E-state index contributed by atoms with van der Waals surface area (Å²) < 4.78 is 0.901. The fourth-order valence-corrected chi connectivity index (χ4v) is 6.41. The van der Waals surface area contributed by atoms with Gasteiger partial charge in [-0.05, 0) is 85.0 Å². The minimum Gasteiger partial charge on any atom is -0.362 e. The predicted octanol–water partition coefficient (Wildman–Crippen LogP) is 6.00. The SMILES string of the molecule is C=C1N[C@](C)(c2cccc(NC(=O)c3cccc(C#CC)c3)c2I)CC(=O)N1[C@@H]1CCCC(C)C1. The number of halogens is 1. The van der Waals surface area contributed by atoms with Crippen LogP contribution in [-0.4, -0.2) is 22.8 Å². The third-order valence-corrected chi connectivity index (χ3v) is 8.16. The zero-order valence-electron chi connectivity index (χ0n) is 20.6. The Morgan fingerprint density at radius 1 is 1.26 bits per heavy atom. The van der Waals surface area contributed by atoms with E-state index >= 15 is 0 Å². The van der Waals surface area contributed by atoms with Gasteiger partial charge >= 0.3 is 0 Å². The van der Waals surface area contributed by atoms with Gasteiger partial charge in [0.15, 0.2) is 0 Å². The number of hydrogen-bond donors (Lipinski definition) is 2. The normalized spacial score (nSPS) is 24.3. The topological polar surface area (TPSA) is 61.4 Å². The van der Waals surface area contributed by atoms with E-state index in [1.165, 1.54) is 6.42 Å². The molecule has 5 nitrogen and oxygen atoms in total. The van der Waals surface area contributed by atoms with Crippen molar-refractivity contribution in [3.05, 3.63) is 75.1 Å². The first-order valence-corrected chi connectivity index (χ1v) is 13.2. The molecule has 2 N–H and O–H groups in total. The van der Waals surface area contributed by atoms with Crippen LogP contribution in [0.4, 0.5) is 5.69 Å². The minimum atomic E-state index is -0.612. The lowest BCUT2D eigenvalue weighted by atomic mass is 9.83. The summed E-state index contributed by atoms with van der Waals surface area (Å²) in [6.45, 7) is 10.3. The van der Waals surface area contributed by atoms with Gasteiger partial charge in [0.2, 0.25) is 5.91 Å². The Kier molecular flexibility index (Phi) is 7.56. The van der Waals surface area contributed by atoms with Crippen molar-refractivity contribution in [2.24, 2.45) is 5.92 Å². The second-order valence-corrected chi connectivity index (χ2v) is 10.9. The molecule has 35 heavy (non-hydrogen) atoms. The van der Waals surface area contributed by atoms with Gasteiger partial charge in [0.1, 0.15) is 5.82 Å². The van der Waals surface area contributed by atoms with Gasteiger partial charge in [0.05, 0.1) is 17.6 Å². The summed E-state index contributed by atoms with van der Waals surface area (Å²) in [5, 5.41) is 6.59. The Morgan fingerprint density at radius 2 is 2.03 bits per heavy atom. The highest BCUT2D eigenvalue weighted by Crippen LogP contribution is 2.39. The van der Waals surface area contributed by atoms with Crippen molar-refractivity contribution in [1.29, 1.82) is 0 Å². The van der Waals surface area contributed by atoms with E-state index < -0.39 is 5.54 Å². The Hall–Kier alpha value is -2.79. The van der Waals surface area contributed by atoms with Crippen molar-refractivity contribution in [2.45, 2.75) is 64.5 Å². The lowest BCUT2D eigenvalue weighted by molar-refractivity contribution is -0.137. The number of anilines is 1. The number of nitrogens with zero attached hydrogens (tertiary/aromatic N) is 1. The van der Waals surface area contributed by atoms with Crippen LogP contribution in [-0.2, 0) is 10.3 Å². The lowest BCUT2D eigenvalue weighted by Crippen LogP contribution is -2.57. The molecule has 1 aliphatic carbocycles. The molecule has 0 radical (unpaired) electrons. The molecule has 2 aliphatic rings. The van der Waals surface area contributed by atoms with Crippen molar-refractivity contribution in [1.82, 2.24) is 10.2 Å². The van der Waals surface area contributed by atoms with Crippen LogP contribution < -0.4 is 10.6 Å². The summed E-state index contributed by atoms with van der Waals surface area (Å²) in [6.07, 6.45) is 4.75. The zero-order valence-corrected chi connectivity index (χ0v) is 22.7. The lowest BCUT2D eigenvalue weighted by Gasteiger charge is -2.47. The highest BCUT2D eigenvalue weighted by atomic mass is 127. The number of carbonyl (C=O) groups is 2. The summed E-state index contributed by atoms with van der Waals surface area (Å²) in [5.74, 6) is 7.05. The van der Waals surface area contributed by atoms with Crippen molar-refractivity contribution in [3.63, 3.8) is 0 Å². The first kappa shape index (κ1) is 25.3. The maximum atomic E-state index is 13.4. The van der Waals surface area contributed by atoms with Crippen LogP contribution in [0.5, 0.6) is 0 Å². The molecule has 2 fully saturated rings. The molecule has 3 atom stereocenters. The van der Waals surface area contributed by atoms with Gasteiger partial charge in [0.25, 0.3) is 5.91 Å². The van der Waals surface area contributed by atoms with E-state index in [-0.39, 0.29) is 17.9 Å². The molecule has 1 heterocycles. The standard InChI is InChI=1S/C29H32IN3O2/c1-5-9-21-11-7-12-22(17-21)28(35)31-25-15-8-14-24(27(25)30)29(4)18-26(34)33(20(3)32-29)23-13-6-10-19(2)16-23/h7-8,11-12,14-15,17,19,23,32H,3,6,10,13,16,18H2,1-2,4H3,(H,31,35)/t19?,23-,29+/m1/s1. The maximum Gasteiger partial charge on any atom is 0.255 e. The molecule has 1 unspecified atom stereocenters. The molecular formula is C29H32IN3O2. The molecule has 4 rings (SSSR count). The molecule has 1 aliphatic heterocycles. The van der Waals surface area contributed by atoms with Crippen LogP contribution in [0.25, 0.3) is 0 Å². The second-order valence-electron chi connectivity index (χ2n) is 9.85. The molecule has 1 saturated heterocycles. The molecule has 2 aromatic carbocycles. The van der Waals surface area contributed by atoms with Gasteiger partial charge in [-0.3, -0.25) is 14.5 Å². The summed E-state index contributed by atoms with van der Waals surface area (Å²) in [5.41, 5.74) is 2.42. The highest BCUT2D eigenvalue weighted by Gasteiger charge is 2.42. The number of hydrogen-bond acceptors (Lipinski definition) is 3. The van der Waals surface area contributed by atoms with E-state index in [0.717, 1.165) is 34.0 Å². The Bertz CT molecular complexity index is 1210. The quantitative estimate of drug-likeness (QED) is 0.344. The number of nitrogens with one attached hydrogen (secondary N) is 2. The van der Waals surface area contributed by atoms with Gasteiger partial charge in [-0.1, -0.05) is 50.5 Å².